The van der Waals surface area contributed by atoms with Crippen molar-refractivity contribution in [3.63, 3.8) is 0 Å². The zero-order valence-electron chi connectivity index (χ0n) is 17.7. The molecule has 1 amide bonds. The monoisotopic (exact) mass is 457 g/mol. The van der Waals surface area contributed by atoms with Crippen molar-refractivity contribution >= 4 is 11.6 Å². The molecule has 1 saturated carbocycles. The van der Waals surface area contributed by atoms with E-state index in [1.807, 2.05) is 25.1 Å². The molecular weight excluding hydrogens is 435 g/mol. The van der Waals surface area contributed by atoms with Crippen molar-refractivity contribution in [2.24, 2.45) is 0 Å². The van der Waals surface area contributed by atoms with Gasteiger partial charge in [-0.05, 0) is 61.2 Å². The van der Waals surface area contributed by atoms with Gasteiger partial charge in [0.05, 0.1) is 5.41 Å². The number of aryl methyl sites for hydroxylation is 1. The summed E-state index contributed by atoms with van der Waals surface area (Å²) in [5.74, 6) is 0.684. The molecule has 2 aliphatic rings. The minimum absolute atomic E-state index is 0. The summed E-state index contributed by atoms with van der Waals surface area (Å²) >= 11 is 0. The second-order valence-electron chi connectivity index (χ2n) is 8.23. The van der Waals surface area contributed by atoms with Crippen LogP contribution in [0.4, 0.5) is 18.9 Å². The van der Waals surface area contributed by atoms with E-state index in [-0.39, 0.29) is 25.4 Å². The van der Waals surface area contributed by atoms with E-state index in [9.17, 15) is 18.0 Å². The van der Waals surface area contributed by atoms with Crippen LogP contribution in [0.2, 0.25) is 0 Å². The number of hydrogen-bond acceptors (Lipinski definition) is 4. The number of nitrogens with one attached hydrogen (secondary N) is 1. The topological polar surface area (TPSA) is 56.8 Å². The second kappa shape index (κ2) is 7.72. The summed E-state index contributed by atoms with van der Waals surface area (Å²) in [5.41, 5.74) is 2.19. The van der Waals surface area contributed by atoms with E-state index >= 15 is 0 Å². The Labute approximate surface area is 189 Å². The molecule has 1 N–H and O–H groups in total. The first-order chi connectivity index (χ1) is 15.7. The number of hydrogen-bond donors (Lipinski definition) is 1. The fourth-order valence-corrected chi connectivity index (χ4v) is 4.08. The number of fused-ring (bicyclic) bond motifs is 1. The van der Waals surface area contributed by atoms with E-state index in [0.717, 1.165) is 11.1 Å². The van der Waals surface area contributed by atoms with Crippen LogP contribution < -0.4 is 19.5 Å². The Hall–Kier alpha value is -3.68. The summed E-state index contributed by atoms with van der Waals surface area (Å²) in [5, 5.41) is 2.88. The van der Waals surface area contributed by atoms with Crippen LogP contribution in [0.5, 0.6) is 17.2 Å². The molecule has 0 atom stereocenters. The van der Waals surface area contributed by atoms with Crippen LogP contribution in [0.1, 0.15) is 25.4 Å². The zero-order chi connectivity index (χ0) is 23.2. The smallest absolute Gasteiger partial charge is 0.454 e. The van der Waals surface area contributed by atoms with Crippen molar-refractivity contribution in [1.29, 1.82) is 0 Å². The van der Waals surface area contributed by atoms with Gasteiger partial charge >= 0.3 is 6.36 Å². The number of benzene rings is 3. The number of amides is 1. The second-order valence-corrected chi connectivity index (χ2v) is 8.23. The molecule has 1 fully saturated rings. The highest BCUT2D eigenvalue weighted by atomic mass is 19.4. The van der Waals surface area contributed by atoms with Crippen LogP contribution >= 0.6 is 0 Å². The summed E-state index contributed by atoms with van der Waals surface area (Å²) in [4.78, 5) is 13.2. The molecule has 0 bridgehead atoms. The van der Waals surface area contributed by atoms with E-state index in [2.05, 4.69) is 10.1 Å². The minimum atomic E-state index is -4.83. The standard InChI is InChI=1S/C25H20F3NO4.H2/c1-15-3-2-4-16(11-15)19-13-18(6-8-20(19)33-25(26,27)28)29-23(30)24(9-10-24)17-5-7-21-22(12-17)32-14-31-21;/h2-8,11-13H,9-10,14H2,1H3,(H,29,30);1H. The molecule has 5 nitrogen and oxygen atoms in total. The van der Waals surface area contributed by atoms with Gasteiger partial charge in [-0.3, -0.25) is 4.79 Å². The average molecular weight is 457 g/mol. The van der Waals surface area contributed by atoms with Gasteiger partial charge in [0.1, 0.15) is 5.75 Å². The molecule has 8 heteroatoms. The maximum Gasteiger partial charge on any atom is 0.573 e. The molecule has 0 aromatic heterocycles. The van der Waals surface area contributed by atoms with Crippen LogP contribution in [0.25, 0.3) is 11.1 Å². The Kier molecular flexibility index (Phi) is 4.96. The van der Waals surface area contributed by atoms with Crippen molar-refractivity contribution in [3.05, 3.63) is 71.8 Å². The van der Waals surface area contributed by atoms with Gasteiger partial charge in [0.2, 0.25) is 12.7 Å². The van der Waals surface area contributed by atoms with Crippen LogP contribution in [-0.2, 0) is 10.2 Å². The molecule has 1 heterocycles. The number of ether oxygens (including phenoxy) is 3. The van der Waals surface area contributed by atoms with Gasteiger partial charge in [-0.25, -0.2) is 0 Å². The lowest BCUT2D eigenvalue weighted by atomic mass is 9.94. The molecular formula is C25H22F3NO4. The molecule has 0 unspecified atom stereocenters. The third kappa shape index (κ3) is 4.20. The summed E-state index contributed by atoms with van der Waals surface area (Å²) in [7, 11) is 0. The Balaban J connectivity index is 0.00000274. The van der Waals surface area contributed by atoms with Crippen LogP contribution in [0, 0.1) is 6.92 Å². The minimum Gasteiger partial charge on any atom is -0.454 e. The highest BCUT2D eigenvalue weighted by Crippen LogP contribution is 2.51. The molecule has 5 rings (SSSR count). The first-order valence-corrected chi connectivity index (χ1v) is 10.4. The Morgan fingerprint density at radius 2 is 1.82 bits per heavy atom. The van der Waals surface area contributed by atoms with E-state index in [0.29, 0.717) is 35.6 Å². The Morgan fingerprint density at radius 3 is 2.55 bits per heavy atom. The van der Waals surface area contributed by atoms with Crippen LogP contribution in [-0.4, -0.2) is 19.1 Å². The normalized spacial score (nSPS) is 15.8. The van der Waals surface area contributed by atoms with Gasteiger partial charge < -0.3 is 19.5 Å². The van der Waals surface area contributed by atoms with E-state index in [1.165, 1.54) is 18.2 Å². The van der Waals surface area contributed by atoms with Crippen LogP contribution in [0.15, 0.2) is 60.7 Å². The van der Waals surface area contributed by atoms with Gasteiger partial charge in [0.25, 0.3) is 0 Å². The fraction of sp³-hybridized carbons (Fsp3) is 0.240. The Morgan fingerprint density at radius 1 is 1.03 bits per heavy atom. The van der Waals surface area contributed by atoms with Gasteiger partial charge in [-0.2, -0.15) is 0 Å². The van der Waals surface area contributed by atoms with Gasteiger partial charge in [-0.1, -0.05) is 35.9 Å². The summed E-state index contributed by atoms with van der Waals surface area (Å²) in [6.07, 6.45) is -3.50. The molecule has 3 aromatic carbocycles. The molecule has 0 spiro atoms. The highest BCUT2D eigenvalue weighted by molar-refractivity contribution is 6.02. The average Bonchev–Trinajstić information content (AvgIpc) is 3.45. The van der Waals surface area contributed by atoms with E-state index in [4.69, 9.17) is 9.47 Å². The third-order valence-corrected chi connectivity index (χ3v) is 5.90. The van der Waals surface area contributed by atoms with Crippen LogP contribution in [0.3, 0.4) is 0 Å². The largest absolute Gasteiger partial charge is 0.573 e. The van der Waals surface area contributed by atoms with Gasteiger partial charge in [0.15, 0.2) is 11.5 Å². The van der Waals surface area contributed by atoms with E-state index in [1.54, 1.807) is 24.3 Å². The Bertz CT molecular complexity index is 1240. The lowest BCUT2D eigenvalue weighted by molar-refractivity contribution is -0.274. The molecule has 0 saturated heterocycles. The third-order valence-electron chi connectivity index (χ3n) is 5.90. The number of alkyl halides is 3. The molecule has 1 aliphatic heterocycles. The molecule has 172 valence electrons. The summed E-state index contributed by atoms with van der Waals surface area (Å²) in [6, 6.07) is 16.6. The molecule has 3 aromatic rings. The number of rotatable bonds is 5. The number of anilines is 1. The summed E-state index contributed by atoms with van der Waals surface area (Å²) in [6.45, 7) is 1.99. The lowest BCUT2D eigenvalue weighted by Crippen LogP contribution is -2.27. The van der Waals surface area contributed by atoms with Gasteiger partial charge in [-0.15, -0.1) is 13.2 Å². The quantitative estimate of drug-likeness (QED) is 0.495. The highest BCUT2D eigenvalue weighted by Gasteiger charge is 2.51. The molecule has 33 heavy (non-hydrogen) atoms. The number of carbonyl (C=O) groups is 1. The maximum atomic E-state index is 13.2. The zero-order valence-corrected chi connectivity index (χ0v) is 17.7. The predicted molar refractivity (Wildman–Crippen MR) is 118 cm³/mol. The maximum absolute atomic E-state index is 13.2. The van der Waals surface area contributed by atoms with E-state index < -0.39 is 11.8 Å². The molecule has 1 aliphatic carbocycles. The first kappa shape index (κ1) is 21.2. The first-order valence-electron chi connectivity index (χ1n) is 10.4. The van der Waals surface area contributed by atoms with Crippen molar-refractivity contribution in [3.8, 4) is 28.4 Å². The van der Waals surface area contributed by atoms with Crippen molar-refractivity contribution in [2.75, 3.05) is 12.1 Å². The fourth-order valence-electron chi connectivity index (χ4n) is 4.08. The molecule has 0 radical (unpaired) electrons. The predicted octanol–water partition coefficient (Wildman–Crippen LogP) is 6.21. The summed E-state index contributed by atoms with van der Waals surface area (Å²) < 4.78 is 53.9. The van der Waals surface area contributed by atoms with Crippen molar-refractivity contribution in [2.45, 2.75) is 31.5 Å². The lowest BCUT2D eigenvalue weighted by Gasteiger charge is -2.18. The number of carbonyl (C=O) groups excluding carboxylic acids is 1. The number of halogens is 3. The van der Waals surface area contributed by atoms with Crippen molar-refractivity contribution < 1.29 is 33.6 Å². The van der Waals surface area contributed by atoms with Crippen molar-refractivity contribution in [1.82, 2.24) is 0 Å². The van der Waals surface area contributed by atoms with Gasteiger partial charge in [0, 0.05) is 12.7 Å². The SMILES string of the molecule is Cc1cccc(-c2cc(NC(=O)C3(c4ccc5c(c4)OCO5)CC3)ccc2OC(F)(F)F)c1.[HH].